The summed E-state index contributed by atoms with van der Waals surface area (Å²) in [6, 6.07) is 0. The summed E-state index contributed by atoms with van der Waals surface area (Å²) in [5.41, 5.74) is 0. The molecule has 1 N–H and O–H groups in total. The molecule has 1 aromatic rings. The van der Waals surface area contributed by atoms with Gasteiger partial charge in [0.1, 0.15) is 0 Å². The zero-order chi connectivity index (χ0) is 8.81. The normalized spacial score (nSPS) is 9.75. The van der Waals surface area contributed by atoms with Crippen LogP contribution in [0, 0.1) is 0 Å². The Kier molecular flexibility index (Phi) is 3.79. The molecule has 0 aromatic carbocycles. The molecule has 0 aliphatic rings. The Balaban J connectivity index is 2.15. The van der Waals surface area contributed by atoms with Crippen molar-refractivity contribution in [2.75, 3.05) is 11.9 Å². The summed E-state index contributed by atoms with van der Waals surface area (Å²) in [6.45, 7) is 1.40. The van der Waals surface area contributed by atoms with Gasteiger partial charge in [-0.1, -0.05) is 15.9 Å². The van der Waals surface area contributed by atoms with E-state index >= 15 is 0 Å². The second kappa shape index (κ2) is 4.92. The maximum atomic E-state index is 10.8. The second-order valence-electron chi connectivity index (χ2n) is 2.28. The Bertz CT molecular complexity index is 235. The summed E-state index contributed by atoms with van der Waals surface area (Å²) in [7, 11) is 0. The lowest BCUT2D eigenvalue weighted by atomic mass is 10.5. The lowest BCUT2D eigenvalue weighted by Crippen LogP contribution is -2.27. The molecule has 66 valence electrons. The van der Waals surface area contributed by atoms with Gasteiger partial charge < -0.3 is 9.88 Å². The molecule has 0 saturated heterocycles. The summed E-state index contributed by atoms with van der Waals surface area (Å²) in [4.78, 5) is 14.6. The number of nitrogens with one attached hydrogen (secondary N) is 1. The molecular weight excluding hydrogens is 222 g/mol. The van der Waals surface area contributed by atoms with E-state index < -0.39 is 0 Å². The van der Waals surface area contributed by atoms with Crippen LogP contribution in [-0.2, 0) is 11.3 Å². The smallest absolute Gasteiger partial charge is 0.230 e. The fraction of sp³-hybridized carbons (Fsp3) is 0.429. The van der Waals surface area contributed by atoms with Crippen LogP contribution in [0.1, 0.15) is 0 Å². The number of hydrogen-bond donors (Lipinski definition) is 1. The lowest BCUT2D eigenvalue weighted by Gasteiger charge is -2.02. The highest BCUT2D eigenvalue weighted by molar-refractivity contribution is 9.09. The Hall–Kier alpha value is -0.840. The number of nitrogens with zero attached hydrogens (tertiary/aromatic N) is 2. The first-order valence-electron chi connectivity index (χ1n) is 3.61. The number of alkyl halides is 1. The van der Waals surface area contributed by atoms with Crippen molar-refractivity contribution in [1.29, 1.82) is 0 Å². The van der Waals surface area contributed by atoms with E-state index in [1.165, 1.54) is 0 Å². The van der Waals surface area contributed by atoms with Crippen LogP contribution < -0.4 is 5.32 Å². The van der Waals surface area contributed by atoms with Crippen LogP contribution in [0.25, 0.3) is 0 Å². The van der Waals surface area contributed by atoms with Crippen LogP contribution in [0.4, 0.5) is 0 Å². The molecule has 0 radical (unpaired) electrons. The number of carbonyl (C=O) groups excluding carboxylic acids is 1. The van der Waals surface area contributed by atoms with Crippen molar-refractivity contribution in [2.24, 2.45) is 0 Å². The molecule has 0 unspecified atom stereocenters. The van der Waals surface area contributed by atoms with Gasteiger partial charge in [-0.3, -0.25) is 4.79 Å². The third-order valence-corrected chi connectivity index (χ3v) is 1.88. The number of halogens is 1. The van der Waals surface area contributed by atoms with Gasteiger partial charge in [-0.2, -0.15) is 0 Å². The first-order valence-corrected chi connectivity index (χ1v) is 4.73. The van der Waals surface area contributed by atoms with Crippen molar-refractivity contribution < 1.29 is 4.79 Å². The van der Waals surface area contributed by atoms with E-state index in [9.17, 15) is 4.79 Å². The molecule has 4 nitrogen and oxygen atoms in total. The van der Waals surface area contributed by atoms with Crippen molar-refractivity contribution in [3.8, 4) is 0 Å². The Morgan fingerprint density at radius 1 is 1.67 bits per heavy atom. The zero-order valence-corrected chi connectivity index (χ0v) is 8.12. The van der Waals surface area contributed by atoms with Crippen LogP contribution in [0.3, 0.4) is 0 Å². The standard InChI is InChI=1S/C7H10BrN3O/c8-5-7(12)10-2-4-11-3-1-9-6-11/h1,3,6H,2,4-5H2,(H,10,12). The molecular formula is C7H10BrN3O. The minimum absolute atomic E-state index is 0.00937. The van der Waals surface area contributed by atoms with E-state index in [-0.39, 0.29) is 5.91 Å². The largest absolute Gasteiger partial charge is 0.354 e. The van der Waals surface area contributed by atoms with Gasteiger partial charge in [-0.15, -0.1) is 0 Å². The molecule has 5 heteroatoms. The van der Waals surface area contributed by atoms with Gasteiger partial charge >= 0.3 is 0 Å². The van der Waals surface area contributed by atoms with E-state index in [1.54, 1.807) is 12.5 Å². The lowest BCUT2D eigenvalue weighted by molar-refractivity contribution is -0.118. The van der Waals surface area contributed by atoms with Crippen LogP contribution in [0.5, 0.6) is 0 Å². The SMILES string of the molecule is O=C(CBr)NCCn1ccnc1. The second-order valence-corrected chi connectivity index (χ2v) is 2.84. The molecule has 0 fully saturated rings. The summed E-state index contributed by atoms with van der Waals surface area (Å²) in [5, 5.41) is 3.09. The number of carbonyl (C=O) groups is 1. The monoisotopic (exact) mass is 231 g/mol. The molecule has 0 aliphatic heterocycles. The van der Waals surface area contributed by atoms with E-state index in [0.717, 1.165) is 6.54 Å². The van der Waals surface area contributed by atoms with E-state index in [1.807, 2.05) is 10.8 Å². The molecule has 0 atom stereocenters. The van der Waals surface area contributed by atoms with Crippen molar-refractivity contribution in [3.63, 3.8) is 0 Å². The number of hydrogen-bond acceptors (Lipinski definition) is 2. The minimum atomic E-state index is 0.00937. The average molecular weight is 232 g/mol. The third kappa shape index (κ3) is 3.04. The molecule has 1 heterocycles. The molecule has 1 rings (SSSR count). The molecule has 0 aliphatic carbocycles. The van der Waals surface area contributed by atoms with E-state index in [2.05, 4.69) is 26.2 Å². The number of aromatic nitrogens is 2. The van der Waals surface area contributed by atoms with Crippen molar-refractivity contribution >= 4 is 21.8 Å². The van der Waals surface area contributed by atoms with Gasteiger partial charge in [0, 0.05) is 25.5 Å². The molecule has 1 amide bonds. The fourth-order valence-electron chi connectivity index (χ4n) is 0.791. The number of imidazole rings is 1. The quantitative estimate of drug-likeness (QED) is 0.763. The van der Waals surface area contributed by atoms with E-state index in [0.29, 0.717) is 11.9 Å². The van der Waals surface area contributed by atoms with Gasteiger partial charge in [0.2, 0.25) is 5.91 Å². The number of rotatable bonds is 4. The highest BCUT2D eigenvalue weighted by Crippen LogP contribution is 1.84. The maximum Gasteiger partial charge on any atom is 0.230 e. The fourth-order valence-corrected chi connectivity index (χ4v) is 0.989. The van der Waals surface area contributed by atoms with Crippen molar-refractivity contribution in [3.05, 3.63) is 18.7 Å². The highest BCUT2D eigenvalue weighted by Gasteiger charge is 1.95. The van der Waals surface area contributed by atoms with Crippen LogP contribution in [-0.4, -0.2) is 27.3 Å². The van der Waals surface area contributed by atoms with Crippen LogP contribution in [0.15, 0.2) is 18.7 Å². The van der Waals surface area contributed by atoms with Gasteiger partial charge in [0.05, 0.1) is 11.7 Å². The zero-order valence-electron chi connectivity index (χ0n) is 6.53. The molecule has 12 heavy (non-hydrogen) atoms. The average Bonchev–Trinajstić information content (AvgIpc) is 2.57. The summed E-state index contributed by atoms with van der Waals surface area (Å²) < 4.78 is 1.91. The highest BCUT2D eigenvalue weighted by atomic mass is 79.9. The summed E-state index contributed by atoms with van der Waals surface area (Å²) >= 11 is 3.06. The first kappa shape index (κ1) is 9.25. The predicted octanol–water partition coefficient (Wildman–Crippen LogP) is 0.394. The van der Waals surface area contributed by atoms with Gasteiger partial charge in [0.25, 0.3) is 0 Å². The summed E-state index contributed by atoms with van der Waals surface area (Å²) in [5.74, 6) is 0.00937. The van der Waals surface area contributed by atoms with Crippen molar-refractivity contribution in [2.45, 2.75) is 6.54 Å². The first-order chi connectivity index (χ1) is 5.83. The van der Waals surface area contributed by atoms with Crippen LogP contribution in [0.2, 0.25) is 0 Å². The molecule has 1 aromatic heterocycles. The van der Waals surface area contributed by atoms with Gasteiger partial charge in [-0.05, 0) is 0 Å². The summed E-state index contributed by atoms with van der Waals surface area (Å²) in [6.07, 6.45) is 5.30. The topological polar surface area (TPSA) is 46.9 Å². The molecule has 0 bridgehead atoms. The molecule has 0 spiro atoms. The minimum Gasteiger partial charge on any atom is -0.354 e. The van der Waals surface area contributed by atoms with Crippen LogP contribution >= 0.6 is 15.9 Å². The Morgan fingerprint density at radius 2 is 2.50 bits per heavy atom. The van der Waals surface area contributed by atoms with Gasteiger partial charge in [-0.25, -0.2) is 4.98 Å². The van der Waals surface area contributed by atoms with Gasteiger partial charge in [0.15, 0.2) is 0 Å². The predicted molar refractivity (Wildman–Crippen MR) is 49.0 cm³/mol. The number of amides is 1. The Labute approximate surface area is 79.1 Å². The third-order valence-electron chi connectivity index (χ3n) is 1.37. The Morgan fingerprint density at radius 3 is 3.08 bits per heavy atom. The maximum absolute atomic E-state index is 10.8. The van der Waals surface area contributed by atoms with E-state index in [4.69, 9.17) is 0 Å². The molecule has 0 saturated carbocycles. The van der Waals surface area contributed by atoms with Crippen molar-refractivity contribution in [1.82, 2.24) is 14.9 Å².